The summed E-state index contributed by atoms with van der Waals surface area (Å²) in [5, 5.41) is 12.5. The van der Waals surface area contributed by atoms with Gasteiger partial charge in [0, 0.05) is 25.7 Å². The molecular formula is C11H16N4O. The molecule has 0 radical (unpaired) electrons. The maximum atomic E-state index is 9.36. The maximum Gasteiger partial charge on any atom is 0.203 e. The molecule has 2 rings (SSSR count). The van der Waals surface area contributed by atoms with Crippen molar-refractivity contribution in [1.82, 2.24) is 9.55 Å². The number of aromatic nitrogens is 2. The van der Waals surface area contributed by atoms with E-state index in [2.05, 4.69) is 10.3 Å². The summed E-state index contributed by atoms with van der Waals surface area (Å²) < 4.78 is 1.94. The van der Waals surface area contributed by atoms with Crippen molar-refractivity contribution in [2.45, 2.75) is 13.0 Å². The molecule has 1 unspecified atom stereocenters. The van der Waals surface area contributed by atoms with Crippen LogP contribution in [0.1, 0.15) is 6.92 Å². The molecule has 2 aromatic rings. The topological polar surface area (TPSA) is 76.1 Å². The Kier molecular flexibility index (Phi) is 2.70. The summed E-state index contributed by atoms with van der Waals surface area (Å²) in [5.74, 6) is 0.988. The summed E-state index contributed by atoms with van der Waals surface area (Å²) >= 11 is 0. The van der Waals surface area contributed by atoms with E-state index in [4.69, 9.17) is 5.73 Å². The number of phenolic OH excluding ortho intramolecular Hbond substituents is 1. The van der Waals surface area contributed by atoms with Crippen LogP contribution in [0, 0.1) is 0 Å². The number of aromatic hydroxyl groups is 1. The fraction of sp³-hybridized carbons (Fsp3) is 0.364. The van der Waals surface area contributed by atoms with Crippen molar-refractivity contribution < 1.29 is 5.11 Å². The summed E-state index contributed by atoms with van der Waals surface area (Å²) in [6.45, 7) is 2.60. The first-order chi connectivity index (χ1) is 7.58. The monoisotopic (exact) mass is 220 g/mol. The molecule has 0 aliphatic rings. The van der Waals surface area contributed by atoms with Gasteiger partial charge in [0.2, 0.25) is 5.95 Å². The summed E-state index contributed by atoms with van der Waals surface area (Å²) in [5.41, 5.74) is 7.42. The van der Waals surface area contributed by atoms with E-state index < -0.39 is 0 Å². The van der Waals surface area contributed by atoms with Gasteiger partial charge in [-0.3, -0.25) is 0 Å². The molecular weight excluding hydrogens is 204 g/mol. The first-order valence-corrected chi connectivity index (χ1v) is 5.23. The molecule has 86 valence electrons. The van der Waals surface area contributed by atoms with Gasteiger partial charge < -0.3 is 20.7 Å². The van der Waals surface area contributed by atoms with Gasteiger partial charge in [0.1, 0.15) is 5.75 Å². The highest BCUT2D eigenvalue weighted by Crippen LogP contribution is 2.22. The molecule has 0 spiro atoms. The molecule has 0 saturated heterocycles. The molecule has 0 fully saturated rings. The highest BCUT2D eigenvalue weighted by molar-refractivity contribution is 5.80. The minimum Gasteiger partial charge on any atom is -0.508 e. The van der Waals surface area contributed by atoms with Crippen LogP contribution in [-0.4, -0.2) is 27.2 Å². The Balaban J connectivity index is 2.36. The molecule has 1 aromatic carbocycles. The van der Waals surface area contributed by atoms with Crippen molar-refractivity contribution in [3.8, 4) is 5.75 Å². The molecule has 1 aromatic heterocycles. The number of aryl methyl sites for hydroxylation is 1. The van der Waals surface area contributed by atoms with Crippen molar-refractivity contribution in [1.29, 1.82) is 0 Å². The number of hydrogen-bond acceptors (Lipinski definition) is 4. The standard InChI is InChI=1S/C11H16N4O/c1-7(12)6-13-11-14-9-5-8(16)3-4-10(9)15(11)2/h3-5,7,16H,6,12H2,1-2H3,(H,13,14). The van der Waals surface area contributed by atoms with Crippen molar-refractivity contribution in [3.63, 3.8) is 0 Å². The molecule has 5 nitrogen and oxygen atoms in total. The van der Waals surface area contributed by atoms with Crippen molar-refractivity contribution in [2.75, 3.05) is 11.9 Å². The average molecular weight is 220 g/mol. The number of phenols is 1. The predicted molar refractivity (Wildman–Crippen MR) is 64.5 cm³/mol. The Labute approximate surface area is 93.9 Å². The minimum absolute atomic E-state index is 0.0771. The summed E-state index contributed by atoms with van der Waals surface area (Å²) in [6.07, 6.45) is 0. The van der Waals surface area contributed by atoms with Gasteiger partial charge in [-0.1, -0.05) is 0 Å². The lowest BCUT2D eigenvalue weighted by Crippen LogP contribution is -2.26. The summed E-state index contributed by atoms with van der Waals surface area (Å²) in [4.78, 5) is 4.38. The van der Waals surface area contributed by atoms with Crippen LogP contribution in [0.2, 0.25) is 0 Å². The second-order valence-corrected chi connectivity index (χ2v) is 4.03. The van der Waals surface area contributed by atoms with E-state index in [1.54, 1.807) is 12.1 Å². The molecule has 5 heteroatoms. The van der Waals surface area contributed by atoms with E-state index in [9.17, 15) is 5.11 Å². The van der Waals surface area contributed by atoms with Gasteiger partial charge in [0.15, 0.2) is 0 Å². The number of nitrogens with two attached hydrogens (primary N) is 1. The Morgan fingerprint density at radius 2 is 2.31 bits per heavy atom. The van der Waals surface area contributed by atoms with Crippen LogP contribution < -0.4 is 11.1 Å². The third kappa shape index (κ3) is 1.94. The highest BCUT2D eigenvalue weighted by Gasteiger charge is 2.07. The third-order valence-corrected chi connectivity index (χ3v) is 2.45. The number of benzene rings is 1. The van der Waals surface area contributed by atoms with Crippen LogP contribution in [0.4, 0.5) is 5.95 Å². The number of imidazole rings is 1. The van der Waals surface area contributed by atoms with Crippen LogP contribution in [-0.2, 0) is 7.05 Å². The molecule has 0 bridgehead atoms. The van der Waals surface area contributed by atoms with E-state index in [0.29, 0.717) is 6.54 Å². The Bertz CT molecular complexity index is 504. The van der Waals surface area contributed by atoms with E-state index in [0.717, 1.165) is 17.0 Å². The Hall–Kier alpha value is -1.75. The number of fused-ring (bicyclic) bond motifs is 1. The van der Waals surface area contributed by atoms with E-state index >= 15 is 0 Å². The predicted octanol–water partition coefficient (Wildman–Crippen LogP) is 1.04. The van der Waals surface area contributed by atoms with Gasteiger partial charge in [-0.2, -0.15) is 0 Å². The second-order valence-electron chi connectivity index (χ2n) is 4.03. The van der Waals surface area contributed by atoms with Gasteiger partial charge >= 0.3 is 0 Å². The molecule has 0 amide bonds. The first-order valence-electron chi connectivity index (χ1n) is 5.23. The van der Waals surface area contributed by atoms with Gasteiger partial charge in [0.25, 0.3) is 0 Å². The zero-order valence-electron chi connectivity index (χ0n) is 9.44. The van der Waals surface area contributed by atoms with Crippen LogP contribution in [0.15, 0.2) is 18.2 Å². The molecule has 1 heterocycles. The fourth-order valence-corrected chi connectivity index (χ4v) is 1.60. The smallest absolute Gasteiger partial charge is 0.203 e. The van der Waals surface area contributed by atoms with E-state index in [1.807, 2.05) is 24.6 Å². The number of nitrogens with zero attached hydrogens (tertiary/aromatic N) is 2. The largest absolute Gasteiger partial charge is 0.508 e. The normalized spacial score (nSPS) is 12.9. The van der Waals surface area contributed by atoms with Gasteiger partial charge in [-0.15, -0.1) is 0 Å². The number of rotatable bonds is 3. The van der Waals surface area contributed by atoms with Crippen molar-refractivity contribution in [3.05, 3.63) is 18.2 Å². The van der Waals surface area contributed by atoms with Crippen molar-refractivity contribution >= 4 is 17.0 Å². The van der Waals surface area contributed by atoms with Crippen LogP contribution in [0.3, 0.4) is 0 Å². The van der Waals surface area contributed by atoms with Gasteiger partial charge in [-0.25, -0.2) is 4.98 Å². The van der Waals surface area contributed by atoms with Crippen molar-refractivity contribution in [2.24, 2.45) is 12.8 Å². The Morgan fingerprint density at radius 3 is 3.00 bits per heavy atom. The summed E-state index contributed by atoms with van der Waals surface area (Å²) in [7, 11) is 1.93. The number of hydrogen-bond donors (Lipinski definition) is 3. The molecule has 4 N–H and O–H groups in total. The maximum absolute atomic E-state index is 9.36. The first kappa shape index (κ1) is 10.8. The van der Waals surface area contributed by atoms with E-state index in [1.165, 1.54) is 0 Å². The van der Waals surface area contributed by atoms with Gasteiger partial charge in [-0.05, 0) is 19.1 Å². The van der Waals surface area contributed by atoms with E-state index in [-0.39, 0.29) is 11.8 Å². The number of nitrogens with one attached hydrogen (secondary N) is 1. The lowest BCUT2D eigenvalue weighted by Gasteiger charge is -2.08. The zero-order valence-corrected chi connectivity index (χ0v) is 9.44. The quantitative estimate of drug-likeness (QED) is 0.722. The second kappa shape index (κ2) is 4.02. The lowest BCUT2D eigenvalue weighted by atomic mass is 10.3. The Morgan fingerprint density at radius 1 is 1.56 bits per heavy atom. The SMILES string of the molecule is CC(N)CNc1nc2cc(O)ccc2n1C. The molecule has 0 aliphatic heterocycles. The van der Waals surface area contributed by atoms with Crippen LogP contribution >= 0.6 is 0 Å². The third-order valence-electron chi connectivity index (χ3n) is 2.45. The average Bonchev–Trinajstić information content (AvgIpc) is 2.52. The van der Waals surface area contributed by atoms with Crippen LogP contribution in [0.5, 0.6) is 5.75 Å². The van der Waals surface area contributed by atoms with Crippen LogP contribution in [0.25, 0.3) is 11.0 Å². The van der Waals surface area contributed by atoms with Gasteiger partial charge in [0.05, 0.1) is 11.0 Å². The molecule has 0 saturated carbocycles. The molecule has 16 heavy (non-hydrogen) atoms. The molecule has 0 aliphatic carbocycles. The summed E-state index contributed by atoms with van der Waals surface area (Å²) in [6, 6.07) is 5.22. The number of anilines is 1. The molecule has 1 atom stereocenters. The zero-order chi connectivity index (χ0) is 11.7. The lowest BCUT2D eigenvalue weighted by molar-refractivity contribution is 0.476. The highest BCUT2D eigenvalue weighted by atomic mass is 16.3. The minimum atomic E-state index is 0.0771. The fourth-order valence-electron chi connectivity index (χ4n) is 1.60.